The van der Waals surface area contributed by atoms with Gasteiger partial charge in [0.05, 0.1) is 28.7 Å². The Kier molecular flexibility index (Phi) is 8.46. The minimum absolute atomic E-state index is 0.226. The van der Waals surface area contributed by atoms with E-state index in [4.69, 9.17) is 9.47 Å². The highest BCUT2D eigenvalue weighted by molar-refractivity contribution is 9.13. The highest BCUT2D eigenvalue weighted by Gasteiger charge is 2.18. The van der Waals surface area contributed by atoms with Crippen LogP contribution in [0, 0.1) is 13.8 Å². The van der Waals surface area contributed by atoms with Crippen LogP contribution in [-0.2, 0) is 4.79 Å². The number of ether oxygens (including phenoxy) is 2. The molecule has 0 atom stereocenters. The molecule has 1 aromatic heterocycles. The average molecular weight is 693 g/mol. The van der Waals surface area contributed by atoms with Gasteiger partial charge < -0.3 is 14.8 Å². The smallest absolute Gasteiger partial charge is 0.282 e. The van der Waals surface area contributed by atoms with Crippen LogP contribution in [-0.4, -0.2) is 35.5 Å². The van der Waals surface area contributed by atoms with Gasteiger partial charge in [-0.2, -0.15) is 9.78 Å². The predicted octanol–water partition coefficient (Wildman–Crippen LogP) is 6.21. The number of amides is 1. The first-order valence-corrected chi connectivity index (χ1v) is 13.3. The lowest BCUT2D eigenvalue weighted by atomic mass is 10.2. The van der Waals surface area contributed by atoms with Gasteiger partial charge in [0.25, 0.3) is 11.5 Å². The zero-order valence-electron chi connectivity index (χ0n) is 20.0. The number of rotatable bonds is 7. The van der Waals surface area contributed by atoms with Gasteiger partial charge >= 0.3 is 0 Å². The monoisotopic (exact) mass is 690 g/mol. The quantitative estimate of drug-likeness (QED) is 0.233. The Bertz CT molecular complexity index is 1600. The number of fused-ring (bicyclic) bond motifs is 1. The lowest BCUT2D eigenvalue weighted by Gasteiger charge is -2.15. The number of nitrogens with one attached hydrogen (secondary N) is 1. The number of hydrogen-bond acceptors (Lipinski definition) is 6. The molecule has 3 aromatic carbocycles. The molecule has 0 aliphatic rings. The summed E-state index contributed by atoms with van der Waals surface area (Å²) in [6.45, 7) is 3.40. The first kappa shape index (κ1) is 27.0. The molecule has 8 nitrogen and oxygen atoms in total. The van der Waals surface area contributed by atoms with E-state index in [0.29, 0.717) is 42.7 Å². The molecule has 0 fully saturated rings. The number of para-hydroxylation sites is 1. The van der Waals surface area contributed by atoms with Crippen LogP contribution in [0.25, 0.3) is 10.9 Å². The number of anilines is 1. The van der Waals surface area contributed by atoms with E-state index in [9.17, 15) is 9.59 Å². The van der Waals surface area contributed by atoms with E-state index in [-0.39, 0.29) is 18.1 Å². The first-order valence-electron chi connectivity index (χ1n) is 11.0. The fourth-order valence-electron chi connectivity index (χ4n) is 3.54. The van der Waals surface area contributed by atoms with E-state index in [1.807, 2.05) is 37.3 Å². The van der Waals surface area contributed by atoms with Crippen LogP contribution in [0.1, 0.15) is 17.0 Å². The van der Waals surface area contributed by atoms with Crippen molar-refractivity contribution in [3.05, 3.63) is 89.3 Å². The van der Waals surface area contributed by atoms with Crippen molar-refractivity contribution in [3.63, 3.8) is 0 Å². The van der Waals surface area contributed by atoms with Gasteiger partial charge in [-0.1, -0.05) is 34.1 Å². The third kappa shape index (κ3) is 5.94. The Balaban J connectivity index is 1.60. The molecule has 0 saturated carbocycles. The van der Waals surface area contributed by atoms with Crippen molar-refractivity contribution < 1.29 is 14.3 Å². The van der Waals surface area contributed by atoms with E-state index in [1.165, 1.54) is 18.0 Å². The number of nitrogens with zero attached hydrogens (tertiary/aromatic N) is 3. The van der Waals surface area contributed by atoms with Crippen LogP contribution in [0.4, 0.5) is 5.69 Å². The van der Waals surface area contributed by atoms with E-state index in [2.05, 4.69) is 63.2 Å². The molecule has 37 heavy (non-hydrogen) atoms. The number of carbonyl (C=O) groups is 1. The van der Waals surface area contributed by atoms with Gasteiger partial charge in [-0.15, -0.1) is 0 Å². The number of aryl methyl sites for hydroxylation is 2. The van der Waals surface area contributed by atoms with E-state index >= 15 is 0 Å². The molecule has 4 rings (SSSR count). The lowest BCUT2D eigenvalue weighted by Crippen LogP contribution is -2.21. The predicted molar refractivity (Wildman–Crippen MR) is 155 cm³/mol. The fourth-order valence-corrected chi connectivity index (χ4v) is 4.83. The summed E-state index contributed by atoms with van der Waals surface area (Å²) in [7, 11) is 1.50. The summed E-state index contributed by atoms with van der Waals surface area (Å²) in [5, 5.41) is 7.66. The lowest BCUT2D eigenvalue weighted by molar-refractivity contribution is -0.118. The second-order valence-corrected chi connectivity index (χ2v) is 10.5. The van der Waals surface area contributed by atoms with Crippen LogP contribution < -0.4 is 20.3 Å². The third-order valence-corrected chi connectivity index (χ3v) is 8.06. The van der Waals surface area contributed by atoms with Crippen molar-refractivity contribution in [2.45, 2.75) is 13.8 Å². The molecule has 0 bridgehead atoms. The standard InChI is InChI=1S/C26H21Br3N4O4/c1-14-6-4-5-7-19(14)32-22(34)13-37-25-21(36-3)10-16(23(28)24(25)29)12-30-33-15(2)31-20-9-8-17(27)11-18(20)26(33)35/h4-12H,13H2,1-3H3,(H,32,34). The van der Waals surface area contributed by atoms with Crippen molar-refractivity contribution in [1.82, 2.24) is 9.66 Å². The van der Waals surface area contributed by atoms with E-state index in [0.717, 1.165) is 15.7 Å². The maximum absolute atomic E-state index is 13.0. The van der Waals surface area contributed by atoms with Gasteiger partial charge in [-0.3, -0.25) is 9.59 Å². The van der Waals surface area contributed by atoms with Gasteiger partial charge in [0.15, 0.2) is 18.1 Å². The van der Waals surface area contributed by atoms with Crippen molar-refractivity contribution in [2.75, 3.05) is 19.0 Å². The van der Waals surface area contributed by atoms with Crippen LogP contribution in [0.3, 0.4) is 0 Å². The number of hydrogen-bond donors (Lipinski definition) is 1. The second kappa shape index (κ2) is 11.6. The molecule has 0 spiro atoms. The molecule has 0 radical (unpaired) electrons. The summed E-state index contributed by atoms with van der Waals surface area (Å²) >= 11 is 10.4. The van der Waals surface area contributed by atoms with Crippen molar-refractivity contribution in [2.24, 2.45) is 5.10 Å². The summed E-state index contributed by atoms with van der Waals surface area (Å²) in [6, 6.07) is 14.5. The van der Waals surface area contributed by atoms with Crippen LogP contribution in [0.2, 0.25) is 0 Å². The molecule has 0 unspecified atom stereocenters. The Hall–Kier alpha value is -3.02. The molecule has 11 heteroatoms. The zero-order valence-corrected chi connectivity index (χ0v) is 24.8. The Labute approximate surface area is 238 Å². The van der Waals surface area contributed by atoms with Gasteiger partial charge in [-0.25, -0.2) is 4.98 Å². The highest BCUT2D eigenvalue weighted by atomic mass is 79.9. The van der Waals surface area contributed by atoms with Gasteiger partial charge in [-0.05, 0) is 81.6 Å². The molecule has 4 aromatic rings. The Morgan fingerprint density at radius 2 is 1.86 bits per heavy atom. The normalized spacial score (nSPS) is 11.2. The summed E-state index contributed by atoms with van der Waals surface area (Å²) in [4.78, 5) is 30.0. The van der Waals surface area contributed by atoms with E-state index in [1.54, 1.807) is 25.1 Å². The third-order valence-electron chi connectivity index (χ3n) is 5.43. The SMILES string of the molecule is COc1cc(C=Nn2c(C)nc3ccc(Br)cc3c2=O)c(Br)c(Br)c1OCC(=O)Nc1ccccc1C. The number of aromatic nitrogens is 2. The Morgan fingerprint density at radius 3 is 2.59 bits per heavy atom. The molecule has 0 saturated heterocycles. The number of methoxy groups -OCH3 is 1. The summed E-state index contributed by atoms with van der Waals surface area (Å²) < 4.78 is 14.5. The molecule has 1 N–H and O–H groups in total. The highest BCUT2D eigenvalue weighted by Crippen LogP contribution is 2.42. The maximum Gasteiger partial charge on any atom is 0.282 e. The number of halogens is 3. The van der Waals surface area contributed by atoms with Crippen LogP contribution in [0.5, 0.6) is 11.5 Å². The maximum atomic E-state index is 13.0. The van der Waals surface area contributed by atoms with Gasteiger partial charge in [0.1, 0.15) is 5.82 Å². The molecule has 0 aliphatic carbocycles. The van der Waals surface area contributed by atoms with Crippen LogP contribution in [0.15, 0.2) is 71.8 Å². The van der Waals surface area contributed by atoms with Gasteiger partial charge in [0, 0.05) is 20.2 Å². The van der Waals surface area contributed by atoms with Crippen molar-refractivity contribution in [1.29, 1.82) is 0 Å². The molecular formula is C26H21Br3N4O4. The van der Waals surface area contributed by atoms with E-state index < -0.39 is 0 Å². The van der Waals surface area contributed by atoms with Crippen LogP contribution >= 0.6 is 47.8 Å². The zero-order chi connectivity index (χ0) is 26.7. The number of benzene rings is 3. The summed E-state index contributed by atoms with van der Waals surface area (Å²) in [6.07, 6.45) is 1.52. The largest absolute Gasteiger partial charge is 0.493 e. The summed E-state index contributed by atoms with van der Waals surface area (Å²) in [5.74, 6) is 0.857. The van der Waals surface area contributed by atoms with Crippen molar-refractivity contribution >= 4 is 76.5 Å². The average Bonchev–Trinajstić information content (AvgIpc) is 2.87. The topological polar surface area (TPSA) is 94.8 Å². The first-order chi connectivity index (χ1) is 17.7. The summed E-state index contributed by atoms with van der Waals surface area (Å²) in [5.41, 5.74) is 2.58. The molecular weight excluding hydrogens is 672 g/mol. The Morgan fingerprint density at radius 1 is 1.11 bits per heavy atom. The van der Waals surface area contributed by atoms with Crippen molar-refractivity contribution in [3.8, 4) is 11.5 Å². The molecule has 190 valence electrons. The molecule has 0 aliphatic heterocycles. The minimum Gasteiger partial charge on any atom is -0.493 e. The second-order valence-electron chi connectivity index (χ2n) is 7.96. The number of carbonyl (C=O) groups excluding carboxylic acids is 1. The van der Waals surface area contributed by atoms with Gasteiger partial charge in [0.2, 0.25) is 0 Å². The minimum atomic E-state index is -0.310. The molecule has 1 amide bonds. The fraction of sp³-hybridized carbons (Fsp3) is 0.154. The molecule has 1 heterocycles.